The summed E-state index contributed by atoms with van der Waals surface area (Å²) in [5, 5.41) is 9.74. The number of nitrogens with zero attached hydrogens (tertiary/aromatic N) is 4. The van der Waals surface area contributed by atoms with Gasteiger partial charge >= 0.3 is 0 Å². The van der Waals surface area contributed by atoms with Crippen molar-refractivity contribution in [3.8, 4) is 0 Å². The largest absolute Gasteiger partial charge is 0.285 e. The third-order valence-corrected chi connectivity index (χ3v) is 1.27. The second-order valence-electron chi connectivity index (χ2n) is 2.38. The van der Waals surface area contributed by atoms with Crippen molar-refractivity contribution in [1.29, 1.82) is 0 Å². The second kappa shape index (κ2) is 4.01. The minimum atomic E-state index is 0.457. The molecule has 1 aromatic heterocycles. The quantitative estimate of drug-likeness (QED) is 0.402. The summed E-state index contributed by atoms with van der Waals surface area (Å²) in [6.45, 7) is 0. The molecule has 1 aromatic rings. The Morgan fingerprint density at radius 2 is 2.17 bits per heavy atom. The Labute approximate surface area is 75.9 Å². The number of halogens is 1. The highest BCUT2D eigenvalue weighted by atomic mass is 35.5. The standard InChI is InChI=1S/C7H9ClN4/c1-12(2)11-10-6-3-4-7(8)9-5-6/h3-5H,1-2H3. The summed E-state index contributed by atoms with van der Waals surface area (Å²) in [5.41, 5.74) is 0.688. The molecule has 0 amide bonds. The van der Waals surface area contributed by atoms with Gasteiger partial charge in [-0.25, -0.2) is 4.98 Å². The number of pyridine rings is 1. The summed E-state index contributed by atoms with van der Waals surface area (Å²) in [4.78, 5) is 3.85. The molecule has 1 rings (SSSR count). The molecule has 0 aliphatic carbocycles. The Bertz CT molecular complexity index is 267. The second-order valence-corrected chi connectivity index (χ2v) is 2.76. The van der Waals surface area contributed by atoms with Gasteiger partial charge in [-0.15, -0.1) is 5.11 Å². The summed E-state index contributed by atoms with van der Waals surface area (Å²) in [6, 6.07) is 3.42. The van der Waals surface area contributed by atoms with E-state index in [1.165, 1.54) is 0 Å². The van der Waals surface area contributed by atoms with E-state index in [9.17, 15) is 0 Å². The average Bonchev–Trinajstić information content (AvgIpc) is 2.03. The van der Waals surface area contributed by atoms with Crippen LogP contribution < -0.4 is 0 Å². The predicted molar refractivity (Wildman–Crippen MR) is 47.5 cm³/mol. The first-order chi connectivity index (χ1) is 5.68. The summed E-state index contributed by atoms with van der Waals surface area (Å²) in [5.74, 6) is 0. The van der Waals surface area contributed by atoms with Crippen molar-refractivity contribution in [2.24, 2.45) is 10.3 Å². The van der Waals surface area contributed by atoms with E-state index in [4.69, 9.17) is 11.6 Å². The van der Waals surface area contributed by atoms with Crippen molar-refractivity contribution < 1.29 is 0 Å². The van der Waals surface area contributed by atoms with E-state index in [0.29, 0.717) is 10.8 Å². The van der Waals surface area contributed by atoms with Crippen LogP contribution in [0.15, 0.2) is 28.7 Å². The minimum Gasteiger partial charge on any atom is -0.285 e. The lowest BCUT2D eigenvalue weighted by molar-refractivity contribution is 0.408. The van der Waals surface area contributed by atoms with Crippen LogP contribution in [-0.2, 0) is 0 Å². The molecule has 0 aliphatic heterocycles. The fourth-order valence-corrected chi connectivity index (χ4v) is 0.680. The Morgan fingerprint density at radius 3 is 2.67 bits per heavy atom. The molecule has 0 aliphatic rings. The van der Waals surface area contributed by atoms with Crippen LogP contribution in [0.1, 0.15) is 0 Å². The fourth-order valence-electron chi connectivity index (χ4n) is 0.568. The number of aromatic nitrogens is 1. The number of rotatable bonds is 2. The van der Waals surface area contributed by atoms with Gasteiger partial charge in [0.05, 0.1) is 6.20 Å². The van der Waals surface area contributed by atoms with Gasteiger partial charge in [-0.05, 0) is 12.1 Å². The SMILES string of the molecule is CN(C)N=Nc1ccc(Cl)nc1. The van der Waals surface area contributed by atoms with E-state index < -0.39 is 0 Å². The first kappa shape index (κ1) is 8.93. The zero-order chi connectivity index (χ0) is 8.97. The van der Waals surface area contributed by atoms with Gasteiger partial charge in [0.1, 0.15) is 10.8 Å². The van der Waals surface area contributed by atoms with Crippen LogP contribution in [-0.4, -0.2) is 24.1 Å². The molecule has 0 fully saturated rings. The highest BCUT2D eigenvalue weighted by Crippen LogP contribution is 2.13. The molecule has 0 radical (unpaired) electrons. The molecule has 1 heterocycles. The van der Waals surface area contributed by atoms with Gasteiger partial charge < -0.3 is 0 Å². The Balaban J connectivity index is 2.71. The molecule has 0 unspecified atom stereocenters. The zero-order valence-electron chi connectivity index (χ0n) is 6.90. The van der Waals surface area contributed by atoms with Crippen LogP contribution >= 0.6 is 11.6 Å². The van der Waals surface area contributed by atoms with Crippen LogP contribution in [0.3, 0.4) is 0 Å². The lowest BCUT2D eigenvalue weighted by atomic mass is 10.4. The van der Waals surface area contributed by atoms with Gasteiger partial charge in [-0.1, -0.05) is 16.8 Å². The topological polar surface area (TPSA) is 40.9 Å². The monoisotopic (exact) mass is 184 g/mol. The van der Waals surface area contributed by atoms with Crippen molar-refractivity contribution in [1.82, 2.24) is 9.99 Å². The third-order valence-electron chi connectivity index (χ3n) is 1.05. The van der Waals surface area contributed by atoms with Gasteiger partial charge in [0.15, 0.2) is 0 Å². The van der Waals surface area contributed by atoms with Crippen LogP contribution in [0.5, 0.6) is 0 Å². The maximum Gasteiger partial charge on any atom is 0.129 e. The van der Waals surface area contributed by atoms with Crippen molar-refractivity contribution in [3.63, 3.8) is 0 Å². The van der Waals surface area contributed by atoms with E-state index in [-0.39, 0.29) is 0 Å². The molecule has 0 atom stereocenters. The lowest BCUT2D eigenvalue weighted by Gasteiger charge is -1.99. The highest BCUT2D eigenvalue weighted by molar-refractivity contribution is 6.29. The molecule has 0 bridgehead atoms. The van der Waals surface area contributed by atoms with Crippen molar-refractivity contribution >= 4 is 17.3 Å². The van der Waals surface area contributed by atoms with Crippen LogP contribution in [0.4, 0.5) is 5.69 Å². The maximum atomic E-state index is 5.58. The van der Waals surface area contributed by atoms with Crippen LogP contribution in [0.25, 0.3) is 0 Å². The van der Waals surface area contributed by atoms with E-state index in [1.807, 2.05) is 0 Å². The maximum absolute atomic E-state index is 5.58. The molecule has 0 aromatic carbocycles. The molecular formula is C7H9ClN4. The first-order valence-electron chi connectivity index (χ1n) is 3.39. The fraction of sp³-hybridized carbons (Fsp3) is 0.286. The molecule has 5 heteroatoms. The highest BCUT2D eigenvalue weighted by Gasteiger charge is 1.90. The van der Waals surface area contributed by atoms with Crippen molar-refractivity contribution in [3.05, 3.63) is 23.5 Å². The van der Waals surface area contributed by atoms with Gasteiger partial charge in [-0.3, -0.25) is 5.01 Å². The first-order valence-corrected chi connectivity index (χ1v) is 3.77. The molecule has 4 nitrogen and oxygen atoms in total. The molecule has 0 spiro atoms. The molecule has 0 saturated carbocycles. The minimum absolute atomic E-state index is 0.457. The average molecular weight is 185 g/mol. The molecular weight excluding hydrogens is 176 g/mol. The smallest absolute Gasteiger partial charge is 0.129 e. The Morgan fingerprint density at radius 1 is 1.42 bits per heavy atom. The summed E-state index contributed by atoms with van der Waals surface area (Å²) in [6.07, 6.45) is 1.56. The van der Waals surface area contributed by atoms with Crippen molar-refractivity contribution in [2.75, 3.05) is 14.1 Å². The van der Waals surface area contributed by atoms with E-state index in [2.05, 4.69) is 15.3 Å². The normalized spacial score (nSPS) is 10.6. The van der Waals surface area contributed by atoms with Crippen LogP contribution in [0.2, 0.25) is 5.15 Å². The summed E-state index contributed by atoms with van der Waals surface area (Å²) in [7, 11) is 3.60. The zero-order valence-corrected chi connectivity index (χ0v) is 7.65. The molecule has 0 N–H and O–H groups in total. The van der Waals surface area contributed by atoms with E-state index >= 15 is 0 Å². The van der Waals surface area contributed by atoms with Gasteiger partial charge in [-0.2, -0.15) is 0 Å². The van der Waals surface area contributed by atoms with Crippen molar-refractivity contribution in [2.45, 2.75) is 0 Å². The van der Waals surface area contributed by atoms with Gasteiger partial charge in [0.25, 0.3) is 0 Å². The number of hydrogen-bond acceptors (Lipinski definition) is 3. The molecule has 0 saturated heterocycles. The summed E-state index contributed by atoms with van der Waals surface area (Å²) >= 11 is 5.58. The van der Waals surface area contributed by atoms with E-state index in [0.717, 1.165) is 0 Å². The number of hydrogen-bond donors (Lipinski definition) is 0. The lowest BCUT2D eigenvalue weighted by Crippen LogP contribution is -1.98. The molecule has 64 valence electrons. The Kier molecular flexibility index (Phi) is 2.99. The van der Waals surface area contributed by atoms with Crippen LogP contribution in [0, 0.1) is 0 Å². The summed E-state index contributed by atoms with van der Waals surface area (Å²) < 4.78 is 0. The third kappa shape index (κ3) is 2.84. The van der Waals surface area contributed by atoms with E-state index in [1.54, 1.807) is 37.4 Å². The van der Waals surface area contributed by atoms with Gasteiger partial charge in [0, 0.05) is 14.1 Å². The van der Waals surface area contributed by atoms with Gasteiger partial charge in [0.2, 0.25) is 0 Å². The predicted octanol–water partition coefficient (Wildman–Crippen LogP) is 2.30. The Hall–Kier alpha value is -1.16. The molecule has 12 heavy (non-hydrogen) atoms.